The molecule has 0 radical (unpaired) electrons. The minimum Gasteiger partial charge on any atom is -0.207 e. The van der Waals surface area contributed by atoms with E-state index in [2.05, 4.69) is 41.4 Å². The van der Waals surface area contributed by atoms with Crippen LogP contribution in [0.25, 0.3) is 0 Å². The zero-order valence-electron chi connectivity index (χ0n) is 13.1. The van der Waals surface area contributed by atoms with Crippen molar-refractivity contribution in [2.24, 2.45) is 11.3 Å². The van der Waals surface area contributed by atoms with Crippen LogP contribution in [0.5, 0.6) is 0 Å². The van der Waals surface area contributed by atoms with Crippen molar-refractivity contribution in [3.63, 3.8) is 0 Å². The van der Waals surface area contributed by atoms with Gasteiger partial charge in [0.1, 0.15) is 4.21 Å². The van der Waals surface area contributed by atoms with E-state index in [0.29, 0.717) is 10.1 Å². The third kappa shape index (κ3) is 4.09. The number of rotatable bonds is 3. The molecule has 1 aromatic rings. The Morgan fingerprint density at radius 1 is 1.29 bits per heavy atom. The summed E-state index contributed by atoms with van der Waals surface area (Å²) in [5.74, 6) is 0.394. The van der Waals surface area contributed by atoms with Crippen molar-refractivity contribution < 1.29 is 8.42 Å². The molecule has 1 aliphatic carbocycles. The molecule has 2 atom stereocenters. The van der Waals surface area contributed by atoms with Gasteiger partial charge in [-0.3, -0.25) is 0 Å². The van der Waals surface area contributed by atoms with Gasteiger partial charge in [0.15, 0.2) is 0 Å². The minimum absolute atomic E-state index is 0.0462. The molecule has 3 nitrogen and oxygen atoms in total. The molecule has 21 heavy (non-hydrogen) atoms. The third-order valence-corrected chi connectivity index (χ3v) is 8.38. The lowest BCUT2D eigenvalue weighted by molar-refractivity contribution is 0.144. The van der Waals surface area contributed by atoms with E-state index in [1.54, 1.807) is 6.07 Å². The van der Waals surface area contributed by atoms with E-state index in [4.69, 9.17) is 0 Å². The van der Waals surface area contributed by atoms with E-state index < -0.39 is 10.0 Å². The molecule has 0 spiro atoms. The van der Waals surface area contributed by atoms with Gasteiger partial charge in [0.2, 0.25) is 10.0 Å². The van der Waals surface area contributed by atoms with Crippen LogP contribution in [0.1, 0.15) is 52.0 Å². The molecule has 1 aromatic heterocycles. The normalized spacial score (nSPS) is 24.2. The molecule has 6 heteroatoms. The fraction of sp³-hybridized carbons (Fsp3) is 0.733. The van der Waals surface area contributed by atoms with Gasteiger partial charge in [-0.2, -0.15) is 0 Å². The predicted molar refractivity (Wildman–Crippen MR) is 92.3 cm³/mol. The SMILES string of the molecule is Cc1cc(S(=O)(=O)NC2CCCCC2C(C)(C)C)sc1Br. The van der Waals surface area contributed by atoms with Crippen LogP contribution in [0, 0.1) is 18.3 Å². The second kappa shape index (κ2) is 6.30. The van der Waals surface area contributed by atoms with Crippen molar-refractivity contribution in [2.45, 2.75) is 63.6 Å². The number of nitrogens with one attached hydrogen (secondary N) is 1. The van der Waals surface area contributed by atoms with E-state index in [1.165, 1.54) is 17.8 Å². The fourth-order valence-electron chi connectivity index (χ4n) is 3.13. The van der Waals surface area contributed by atoms with Gasteiger partial charge in [-0.15, -0.1) is 11.3 Å². The van der Waals surface area contributed by atoms with Crippen LogP contribution >= 0.6 is 27.3 Å². The van der Waals surface area contributed by atoms with Crippen LogP contribution in [0.15, 0.2) is 14.1 Å². The summed E-state index contributed by atoms with van der Waals surface area (Å²) >= 11 is 4.69. The maximum absolute atomic E-state index is 12.6. The average molecular weight is 394 g/mol. The highest BCUT2D eigenvalue weighted by Gasteiger charge is 2.36. The Bertz CT molecular complexity index is 582. The van der Waals surface area contributed by atoms with Crippen LogP contribution in [0.3, 0.4) is 0 Å². The zero-order valence-corrected chi connectivity index (χ0v) is 16.3. The molecule has 0 saturated heterocycles. The average Bonchev–Trinajstić information content (AvgIpc) is 2.69. The van der Waals surface area contributed by atoms with Crippen molar-refractivity contribution in [3.05, 3.63) is 15.4 Å². The molecule has 2 unspecified atom stereocenters. The first-order valence-corrected chi connectivity index (χ1v) is 10.5. The molecular weight excluding hydrogens is 370 g/mol. The highest BCUT2D eigenvalue weighted by molar-refractivity contribution is 9.11. The Labute approximate surface area is 140 Å². The number of hydrogen-bond donors (Lipinski definition) is 1. The molecule has 0 amide bonds. The van der Waals surface area contributed by atoms with Crippen molar-refractivity contribution in [3.8, 4) is 0 Å². The monoisotopic (exact) mass is 393 g/mol. The maximum atomic E-state index is 12.6. The second-order valence-corrected chi connectivity index (χ2v) is 11.3. The minimum atomic E-state index is -3.42. The molecular formula is C15H24BrNO2S2. The second-order valence-electron chi connectivity index (χ2n) is 7.01. The van der Waals surface area contributed by atoms with Gasteiger partial charge in [-0.25, -0.2) is 13.1 Å². The van der Waals surface area contributed by atoms with Gasteiger partial charge in [-0.1, -0.05) is 33.6 Å². The molecule has 120 valence electrons. The van der Waals surface area contributed by atoms with Crippen LogP contribution in [0.2, 0.25) is 0 Å². The van der Waals surface area contributed by atoms with E-state index in [0.717, 1.165) is 28.6 Å². The molecule has 0 bridgehead atoms. The molecule has 0 aromatic carbocycles. The van der Waals surface area contributed by atoms with E-state index in [-0.39, 0.29) is 11.5 Å². The Hall–Kier alpha value is 0.0900. The highest BCUT2D eigenvalue weighted by atomic mass is 79.9. The lowest BCUT2D eigenvalue weighted by Gasteiger charge is -2.40. The number of halogens is 1. The van der Waals surface area contributed by atoms with Crippen molar-refractivity contribution >= 4 is 37.3 Å². The van der Waals surface area contributed by atoms with Gasteiger partial charge in [0.05, 0.1) is 3.79 Å². The number of thiophene rings is 1. The Morgan fingerprint density at radius 2 is 1.90 bits per heavy atom. The van der Waals surface area contributed by atoms with Gasteiger partial charge < -0.3 is 0 Å². The molecule has 1 aliphatic rings. The van der Waals surface area contributed by atoms with Crippen molar-refractivity contribution in [2.75, 3.05) is 0 Å². The summed E-state index contributed by atoms with van der Waals surface area (Å²) in [4.78, 5) is 0. The first kappa shape index (κ1) is 17.4. The molecule has 0 aliphatic heterocycles. The summed E-state index contributed by atoms with van der Waals surface area (Å²) < 4.78 is 29.5. The molecule has 1 N–H and O–H groups in total. The molecule has 1 fully saturated rings. The largest absolute Gasteiger partial charge is 0.250 e. The number of aryl methyl sites for hydroxylation is 1. The first-order valence-electron chi connectivity index (χ1n) is 7.39. The molecule has 1 heterocycles. The topological polar surface area (TPSA) is 46.2 Å². The summed E-state index contributed by atoms with van der Waals surface area (Å²) in [5.41, 5.74) is 1.09. The van der Waals surface area contributed by atoms with Crippen molar-refractivity contribution in [1.82, 2.24) is 4.72 Å². The Balaban J connectivity index is 2.22. The molecule has 2 rings (SSSR count). The predicted octanol–water partition coefficient (Wildman–Crippen LogP) is 4.70. The summed E-state index contributed by atoms with van der Waals surface area (Å²) in [6.45, 7) is 8.53. The Kier molecular flexibility index (Phi) is 5.23. The summed E-state index contributed by atoms with van der Waals surface area (Å²) in [7, 11) is -3.42. The fourth-order valence-corrected chi connectivity index (χ4v) is 6.68. The van der Waals surface area contributed by atoms with Gasteiger partial charge >= 0.3 is 0 Å². The smallest absolute Gasteiger partial charge is 0.207 e. The van der Waals surface area contributed by atoms with Crippen LogP contribution in [-0.4, -0.2) is 14.5 Å². The lowest BCUT2D eigenvalue weighted by atomic mass is 9.70. The Morgan fingerprint density at radius 3 is 2.43 bits per heavy atom. The van der Waals surface area contributed by atoms with Crippen LogP contribution < -0.4 is 4.72 Å². The highest BCUT2D eigenvalue weighted by Crippen LogP contribution is 2.39. The van der Waals surface area contributed by atoms with Gasteiger partial charge in [0.25, 0.3) is 0 Å². The quantitative estimate of drug-likeness (QED) is 0.808. The van der Waals surface area contributed by atoms with Crippen LogP contribution in [0.4, 0.5) is 0 Å². The number of hydrogen-bond acceptors (Lipinski definition) is 3. The first-order chi connectivity index (χ1) is 9.61. The lowest BCUT2D eigenvalue weighted by Crippen LogP contribution is -2.46. The van der Waals surface area contributed by atoms with E-state index in [9.17, 15) is 8.42 Å². The third-order valence-electron chi connectivity index (χ3n) is 4.28. The van der Waals surface area contributed by atoms with E-state index in [1.807, 2.05) is 6.92 Å². The van der Waals surface area contributed by atoms with Crippen LogP contribution in [-0.2, 0) is 10.0 Å². The summed E-state index contributed by atoms with van der Waals surface area (Å²) in [6.07, 6.45) is 4.34. The standard InChI is InChI=1S/C15H24BrNO2S2/c1-10-9-13(20-14(10)16)21(18,19)17-12-8-6-5-7-11(12)15(2,3)4/h9,11-12,17H,5-8H2,1-4H3. The number of sulfonamides is 1. The molecule has 1 saturated carbocycles. The van der Waals surface area contributed by atoms with E-state index >= 15 is 0 Å². The maximum Gasteiger partial charge on any atom is 0.250 e. The summed E-state index contributed by atoms with van der Waals surface area (Å²) in [5, 5.41) is 0. The van der Waals surface area contributed by atoms with Gasteiger partial charge in [-0.05, 0) is 58.7 Å². The zero-order chi connectivity index (χ0) is 15.8. The van der Waals surface area contributed by atoms with Crippen molar-refractivity contribution in [1.29, 1.82) is 0 Å². The summed E-state index contributed by atoms with van der Waals surface area (Å²) in [6, 6.07) is 1.79. The van der Waals surface area contributed by atoms with Gasteiger partial charge in [0, 0.05) is 6.04 Å².